The maximum absolute atomic E-state index is 12.2. The quantitative estimate of drug-likeness (QED) is 0.687. The van der Waals surface area contributed by atoms with Gasteiger partial charge in [-0.3, -0.25) is 0 Å². The Morgan fingerprint density at radius 2 is 1.71 bits per heavy atom. The highest BCUT2D eigenvalue weighted by Crippen LogP contribution is 2.16. The van der Waals surface area contributed by atoms with Crippen molar-refractivity contribution in [1.29, 1.82) is 0 Å². The highest BCUT2D eigenvalue weighted by atomic mass is 32.2. The second-order valence-corrected chi connectivity index (χ2v) is 7.33. The molecule has 0 spiro atoms. The molecule has 0 aliphatic rings. The average molecular weight is 313 g/mol. The summed E-state index contributed by atoms with van der Waals surface area (Å²) in [6.45, 7) is 5.71. The molecule has 120 valence electrons. The van der Waals surface area contributed by atoms with Crippen molar-refractivity contribution in [3.63, 3.8) is 0 Å². The molecule has 5 heteroatoms. The molecular weight excluding hydrogens is 286 g/mol. The van der Waals surface area contributed by atoms with E-state index in [1.165, 1.54) is 25.0 Å². The molecule has 2 atom stereocenters. The van der Waals surface area contributed by atoms with E-state index < -0.39 is 16.1 Å². The molecule has 2 unspecified atom stereocenters. The minimum Gasteiger partial charge on any atom is -0.389 e. The van der Waals surface area contributed by atoms with Gasteiger partial charge >= 0.3 is 0 Å². The molecule has 0 heterocycles. The molecule has 4 nitrogen and oxygen atoms in total. The highest BCUT2D eigenvalue weighted by Gasteiger charge is 2.17. The smallest absolute Gasteiger partial charge is 0.240 e. The van der Waals surface area contributed by atoms with Crippen molar-refractivity contribution in [2.75, 3.05) is 0 Å². The van der Waals surface area contributed by atoms with Crippen molar-refractivity contribution in [3.05, 3.63) is 29.8 Å². The van der Waals surface area contributed by atoms with E-state index in [2.05, 4.69) is 11.6 Å². The average Bonchev–Trinajstić information content (AvgIpc) is 2.43. The van der Waals surface area contributed by atoms with Crippen molar-refractivity contribution < 1.29 is 13.5 Å². The fourth-order valence-corrected chi connectivity index (χ4v) is 3.47. The summed E-state index contributed by atoms with van der Waals surface area (Å²) in [7, 11) is -3.48. The van der Waals surface area contributed by atoms with Gasteiger partial charge in [-0.2, -0.15) is 0 Å². The molecule has 1 aromatic rings. The maximum Gasteiger partial charge on any atom is 0.240 e. The highest BCUT2D eigenvalue weighted by molar-refractivity contribution is 7.89. The van der Waals surface area contributed by atoms with E-state index in [9.17, 15) is 13.5 Å². The Hall–Kier alpha value is -0.910. The third-order valence-corrected chi connectivity index (χ3v) is 5.13. The molecule has 0 aliphatic carbocycles. The third-order valence-electron chi connectivity index (χ3n) is 3.52. The van der Waals surface area contributed by atoms with E-state index in [1.54, 1.807) is 19.1 Å². The number of aliphatic hydroxyl groups is 1. The standard InChI is InChI=1S/C16H27NO3S/c1-4-5-6-7-8-13(2)17-21(19,20)16-11-9-15(10-12-16)14(3)18/h9-14,17-18H,4-8H2,1-3H3. The van der Waals surface area contributed by atoms with Crippen molar-refractivity contribution in [3.8, 4) is 0 Å². The van der Waals surface area contributed by atoms with Gasteiger partial charge in [0, 0.05) is 6.04 Å². The van der Waals surface area contributed by atoms with Gasteiger partial charge in [-0.25, -0.2) is 13.1 Å². The van der Waals surface area contributed by atoms with E-state index in [0.29, 0.717) is 5.56 Å². The van der Waals surface area contributed by atoms with Crippen LogP contribution in [-0.4, -0.2) is 19.6 Å². The van der Waals surface area contributed by atoms with E-state index in [-0.39, 0.29) is 10.9 Å². The third kappa shape index (κ3) is 6.16. The van der Waals surface area contributed by atoms with Gasteiger partial charge in [0.25, 0.3) is 0 Å². The van der Waals surface area contributed by atoms with Gasteiger partial charge in [0.05, 0.1) is 11.0 Å². The molecule has 1 rings (SSSR count). The van der Waals surface area contributed by atoms with Crippen LogP contribution in [0.5, 0.6) is 0 Å². The monoisotopic (exact) mass is 313 g/mol. The minimum atomic E-state index is -3.48. The van der Waals surface area contributed by atoms with Crippen LogP contribution in [0.2, 0.25) is 0 Å². The number of hydrogen-bond donors (Lipinski definition) is 2. The lowest BCUT2D eigenvalue weighted by molar-refractivity contribution is 0.199. The Labute approximate surface area is 128 Å². The minimum absolute atomic E-state index is 0.0664. The molecule has 0 saturated heterocycles. The number of unbranched alkanes of at least 4 members (excludes halogenated alkanes) is 3. The molecular formula is C16H27NO3S. The van der Waals surface area contributed by atoms with Crippen molar-refractivity contribution in [1.82, 2.24) is 4.72 Å². The largest absolute Gasteiger partial charge is 0.389 e. The van der Waals surface area contributed by atoms with Gasteiger partial charge in [0.1, 0.15) is 0 Å². The summed E-state index contributed by atoms with van der Waals surface area (Å²) >= 11 is 0. The zero-order valence-electron chi connectivity index (χ0n) is 13.2. The van der Waals surface area contributed by atoms with Crippen LogP contribution in [0.25, 0.3) is 0 Å². The molecule has 0 radical (unpaired) electrons. The zero-order valence-corrected chi connectivity index (χ0v) is 14.0. The molecule has 21 heavy (non-hydrogen) atoms. The Bertz CT molecular complexity index is 509. The summed E-state index contributed by atoms with van der Waals surface area (Å²) in [6, 6.07) is 6.29. The Kier molecular flexibility index (Phi) is 7.35. The summed E-state index contributed by atoms with van der Waals surface area (Å²) in [5.41, 5.74) is 0.710. The Balaban J connectivity index is 2.60. The first-order chi connectivity index (χ1) is 9.86. The second kappa shape index (κ2) is 8.51. The zero-order chi connectivity index (χ0) is 15.9. The summed E-state index contributed by atoms with van der Waals surface area (Å²) < 4.78 is 27.2. The molecule has 0 aromatic heterocycles. The predicted octanol–water partition coefficient (Wildman–Crippen LogP) is 3.38. The molecule has 0 fully saturated rings. The van der Waals surface area contributed by atoms with Crippen LogP contribution in [0.15, 0.2) is 29.2 Å². The first-order valence-electron chi connectivity index (χ1n) is 7.67. The van der Waals surface area contributed by atoms with Crippen LogP contribution >= 0.6 is 0 Å². The summed E-state index contributed by atoms with van der Waals surface area (Å²) in [6.07, 6.45) is 4.82. The van der Waals surface area contributed by atoms with Crippen molar-refractivity contribution in [2.45, 2.75) is 69.9 Å². The van der Waals surface area contributed by atoms with Crippen LogP contribution in [0.1, 0.15) is 64.5 Å². The molecule has 0 amide bonds. The molecule has 2 N–H and O–H groups in total. The van der Waals surface area contributed by atoms with Crippen LogP contribution < -0.4 is 4.72 Å². The van der Waals surface area contributed by atoms with Gasteiger partial charge < -0.3 is 5.11 Å². The normalized spacial score (nSPS) is 14.9. The van der Waals surface area contributed by atoms with Gasteiger partial charge in [-0.1, -0.05) is 44.7 Å². The van der Waals surface area contributed by atoms with E-state index in [4.69, 9.17) is 0 Å². The van der Waals surface area contributed by atoms with Crippen LogP contribution in [-0.2, 0) is 10.0 Å². The second-order valence-electron chi connectivity index (χ2n) is 5.62. The fraction of sp³-hybridized carbons (Fsp3) is 0.625. The predicted molar refractivity (Wildman–Crippen MR) is 85.6 cm³/mol. The summed E-state index contributed by atoms with van der Waals surface area (Å²) in [5.74, 6) is 0. The number of aliphatic hydroxyl groups excluding tert-OH is 1. The fourth-order valence-electron chi connectivity index (χ4n) is 2.19. The van der Waals surface area contributed by atoms with Gasteiger partial charge in [-0.15, -0.1) is 0 Å². The Morgan fingerprint density at radius 1 is 1.10 bits per heavy atom. The van der Waals surface area contributed by atoms with E-state index in [1.807, 2.05) is 6.92 Å². The molecule has 0 saturated carbocycles. The van der Waals surface area contributed by atoms with Crippen LogP contribution in [0, 0.1) is 0 Å². The molecule has 0 aliphatic heterocycles. The first-order valence-corrected chi connectivity index (χ1v) is 9.15. The summed E-state index contributed by atoms with van der Waals surface area (Å²) in [4.78, 5) is 0.243. The maximum atomic E-state index is 12.2. The van der Waals surface area contributed by atoms with Crippen LogP contribution in [0.3, 0.4) is 0 Å². The van der Waals surface area contributed by atoms with Gasteiger partial charge in [0.15, 0.2) is 0 Å². The van der Waals surface area contributed by atoms with Gasteiger partial charge in [-0.05, 0) is 38.0 Å². The van der Waals surface area contributed by atoms with Crippen molar-refractivity contribution >= 4 is 10.0 Å². The number of hydrogen-bond acceptors (Lipinski definition) is 3. The summed E-state index contributed by atoms with van der Waals surface area (Å²) in [5, 5.41) is 9.44. The SMILES string of the molecule is CCCCCCC(C)NS(=O)(=O)c1ccc(C(C)O)cc1. The van der Waals surface area contributed by atoms with E-state index >= 15 is 0 Å². The molecule has 0 bridgehead atoms. The lowest BCUT2D eigenvalue weighted by Crippen LogP contribution is -2.32. The lowest BCUT2D eigenvalue weighted by Gasteiger charge is -2.14. The lowest BCUT2D eigenvalue weighted by atomic mass is 10.1. The first kappa shape index (κ1) is 18.1. The topological polar surface area (TPSA) is 66.4 Å². The van der Waals surface area contributed by atoms with E-state index in [0.717, 1.165) is 19.3 Å². The van der Waals surface area contributed by atoms with Crippen LogP contribution in [0.4, 0.5) is 0 Å². The van der Waals surface area contributed by atoms with Crippen molar-refractivity contribution in [2.24, 2.45) is 0 Å². The number of sulfonamides is 1. The number of rotatable bonds is 9. The van der Waals surface area contributed by atoms with Gasteiger partial charge in [0.2, 0.25) is 10.0 Å². The Morgan fingerprint density at radius 3 is 2.24 bits per heavy atom. The number of nitrogens with one attached hydrogen (secondary N) is 1. The molecule has 1 aromatic carbocycles. The number of benzene rings is 1.